The Bertz CT molecular complexity index is 1040. The molecular weight excluding hydrogens is 412 g/mol. The van der Waals surface area contributed by atoms with E-state index in [0.717, 1.165) is 16.8 Å². The Hall–Kier alpha value is -3.31. The molecule has 1 aliphatic heterocycles. The van der Waals surface area contributed by atoms with Gasteiger partial charge in [-0.15, -0.1) is 0 Å². The maximum Gasteiger partial charge on any atom is 0.227 e. The summed E-state index contributed by atoms with van der Waals surface area (Å²) in [4.78, 5) is 26.7. The van der Waals surface area contributed by atoms with Gasteiger partial charge in [0.1, 0.15) is 12.4 Å². The highest BCUT2D eigenvalue weighted by Gasteiger charge is 2.35. The third kappa shape index (κ3) is 5.44. The van der Waals surface area contributed by atoms with E-state index in [-0.39, 0.29) is 24.2 Å². The molecule has 1 fully saturated rings. The highest BCUT2D eigenvalue weighted by atomic mass is 35.5. The summed E-state index contributed by atoms with van der Waals surface area (Å²) in [5.74, 6) is 0.219. The normalized spacial score (nSPS) is 15.7. The molecule has 0 radical (unpaired) electrons. The monoisotopic (exact) mass is 434 g/mol. The number of carbonyl (C=O) groups excluding carboxylic acids is 2. The van der Waals surface area contributed by atoms with Crippen molar-refractivity contribution in [2.45, 2.75) is 19.6 Å². The van der Waals surface area contributed by atoms with Crippen LogP contribution >= 0.6 is 11.6 Å². The lowest BCUT2D eigenvalue weighted by molar-refractivity contribution is -0.126. The molecule has 31 heavy (non-hydrogen) atoms. The number of ether oxygens (including phenoxy) is 1. The lowest BCUT2D eigenvalue weighted by Gasteiger charge is -2.17. The highest BCUT2D eigenvalue weighted by molar-refractivity contribution is 6.30. The van der Waals surface area contributed by atoms with E-state index in [4.69, 9.17) is 16.3 Å². The van der Waals surface area contributed by atoms with Gasteiger partial charge in [-0.2, -0.15) is 0 Å². The number of carbonyl (C=O) groups is 2. The number of nitrogens with zero attached hydrogens (tertiary/aromatic N) is 1. The summed E-state index contributed by atoms with van der Waals surface area (Å²) in [6.07, 6.45) is 0.218. The van der Waals surface area contributed by atoms with Crippen LogP contribution in [0.25, 0.3) is 0 Å². The van der Waals surface area contributed by atoms with Crippen molar-refractivity contribution in [1.29, 1.82) is 0 Å². The molecule has 0 saturated carbocycles. The predicted octanol–water partition coefficient (Wildman–Crippen LogP) is 4.59. The number of amides is 2. The topological polar surface area (TPSA) is 58.6 Å². The average molecular weight is 435 g/mol. The third-order valence-corrected chi connectivity index (χ3v) is 5.52. The Labute approximate surface area is 186 Å². The van der Waals surface area contributed by atoms with Crippen LogP contribution in [0.4, 0.5) is 5.69 Å². The van der Waals surface area contributed by atoms with E-state index in [2.05, 4.69) is 5.32 Å². The lowest BCUT2D eigenvalue weighted by Crippen LogP contribution is -2.32. The van der Waals surface area contributed by atoms with Crippen LogP contribution in [-0.2, 0) is 22.7 Å². The van der Waals surface area contributed by atoms with Crippen LogP contribution in [0, 0.1) is 5.92 Å². The molecule has 5 nitrogen and oxygen atoms in total. The van der Waals surface area contributed by atoms with E-state index < -0.39 is 0 Å². The van der Waals surface area contributed by atoms with Gasteiger partial charge >= 0.3 is 0 Å². The van der Waals surface area contributed by atoms with E-state index in [1.165, 1.54) is 0 Å². The van der Waals surface area contributed by atoms with Crippen molar-refractivity contribution >= 4 is 29.1 Å². The van der Waals surface area contributed by atoms with Gasteiger partial charge in [-0.25, -0.2) is 0 Å². The Kier molecular flexibility index (Phi) is 6.53. The SMILES string of the molecule is O=C(NCc1ccccc1)C1CC(=O)N(c2ccc(OCc3ccc(Cl)cc3)cc2)C1. The first-order valence-electron chi connectivity index (χ1n) is 10.2. The number of hydrogen-bond donors (Lipinski definition) is 1. The molecule has 1 heterocycles. The Balaban J connectivity index is 1.31. The van der Waals surface area contributed by atoms with Crippen LogP contribution in [0.2, 0.25) is 5.02 Å². The lowest BCUT2D eigenvalue weighted by atomic mass is 10.1. The smallest absolute Gasteiger partial charge is 0.227 e. The quantitative estimate of drug-likeness (QED) is 0.591. The van der Waals surface area contributed by atoms with Crippen molar-refractivity contribution in [2.75, 3.05) is 11.4 Å². The molecule has 1 atom stereocenters. The highest BCUT2D eigenvalue weighted by Crippen LogP contribution is 2.27. The van der Waals surface area contributed by atoms with Crippen molar-refractivity contribution in [3.8, 4) is 5.75 Å². The van der Waals surface area contributed by atoms with Crippen molar-refractivity contribution in [3.63, 3.8) is 0 Å². The van der Waals surface area contributed by atoms with Gasteiger partial charge in [-0.05, 0) is 47.5 Å². The molecule has 6 heteroatoms. The third-order valence-electron chi connectivity index (χ3n) is 5.27. The minimum atomic E-state index is -0.350. The van der Waals surface area contributed by atoms with Gasteiger partial charge in [0.05, 0.1) is 5.92 Å². The number of anilines is 1. The van der Waals surface area contributed by atoms with Crippen molar-refractivity contribution in [3.05, 3.63) is 95.0 Å². The van der Waals surface area contributed by atoms with Crippen LogP contribution in [0.5, 0.6) is 5.75 Å². The zero-order chi connectivity index (χ0) is 21.6. The second-order valence-corrected chi connectivity index (χ2v) is 7.95. The minimum absolute atomic E-state index is 0.0466. The molecule has 0 bridgehead atoms. The van der Waals surface area contributed by atoms with Crippen molar-refractivity contribution in [2.24, 2.45) is 5.92 Å². The molecule has 2 amide bonds. The number of benzene rings is 3. The van der Waals surface area contributed by atoms with Gasteiger partial charge in [0.2, 0.25) is 11.8 Å². The van der Waals surface area contributed by atoms with Gasteiger partial charge in [-0.3, -0.25) is 9.59 Å². The van der Waals surface area contributed by atoms with Gasteiger partial charge in [0, 0.05) is 30.2 Å². The fourth-order valence-electron chi connectivity index (χ4n) is 3.53. The molecule has 1 unspecified atom stereocenters. The predicted molar refractivity (Wildman–Crippen MR) is 121 cm³/mol. The first-order chi connectivity index (χ1) is 15.1. The molecule has 3 aromatic carbocycles. The van der Waals surface area contributed by atoms with Gasteiger partial charge in [0.15, 0.2) is 0 Å². The number of hydrogen-bond acceptors (Lipinski definition) is 3. The van der Waals surface area contributed by atoms with Crippen LogP contribution in [0.3, 0.4) is 0 Å². The van der Waals surface area contributed by atoms with Crippen LogP contribution in [0.1, 0.15) is 17.5 Å². The summed E-state index contributed by atoms with van der Waals surface area (Å²) < 4.78 is 5.80. The molecule has 1 saturated heterocycles. The molecular formula is C25H23ClN2O3. The van der Waals surface area contributed by atoms with Crippen molar-refractivity contribution < 1.29 is 14.3 Å². The van der Waals surface area contributed by atoms with E-state index >= 15 is 0 Å². The van der Waals surface area contributed by atoms with Crippen LogP contribution in [0.15, 0.2) is 78.9 Å². The molecule has 0 spiro atoms. The van der Waals surface area contributed by atoms with E-state index in [1.54, 1.807) is 4.90 Å². The largest absolute Gasteiger partial charge is 0.489 e. The molecule has 4 rings (SSSR count). The summed E-state index contributed by atoms with van der Waals surface area (Å²) in [6, 6.07) is 24.6. The maximum absolute atomic E-state index is 12.5. The summed E-state index contributed by atoms with van der Waals surface area (Å²) in [5, 5.41) is 3.62. The molecule has 1 N–H and O–H groups in total. The maximum atomic E-state index is 12.5. The van der Waals surface area contributed by atoms with Crippen LogP contribution in [-0.4, -0.2) is 18.4 Å². The van der Waals surface area contributed by atoms with Gasteiger partial charge in [-0.1, -0.05) is 54.1 Å². The summed E-state index contributed by atoms with van der Waals surface area (Å²) in [7, 11) is 0. The molecule has 3 aromatic rings. The fourth-order valence-corrected chi connectivity index (χ4v) is 3.66. The zero-order valence-corrected chi connectivity index (χ0v) is 17.7. The molecule has 1 aliphatic rings. The summed E-state index contributed by atoms with van der Waals surface area (Å²) in [6.45, 7) is 1.28. The Morgan fingerprint density at radius 3 is 2.39 bits per heavy atom. The average Bonchev–Trinajstić information content (AvgIpc) is 3.20. The second-order valence-electron chi connectivity index (χ2n) is 7.52. The Morgan fingerprint density at radius 1 is 0.968 bits per heavy atom. The Morgan fingerprint density at radius 2 is 1.68 bits per heavy atom. The van der Waals surface area contributed by atoms with E-state index in [1.807, 2.05) is 78.9 Å². The second kappa shape index (κ2) is 9.67. The number of nitrogens with one attached hydrogen (secondary N) is 1. The van der Waals surface area contributed by atoms with Gasteiger partial charge < -0.3 is 15.0 Å². The van der Waals surface area contributed by atoms with Crippen LogP contribution < -0.4 is 15.0 Å². The first kappa shape index (κ1) is 20.9. The fraction of sp³-hybridized carbons (Fsp3) is 0.200. The van der Waals surface area contributed by atoms with Gasteiger partial charge in [0.25, 0.3) is 0 Å². The molecule has 0 aliphatic carbocycles. The first-order valence-corrected chi connectivity index (χ1v) is 10.6. The molecule has 158 valence electrons. The van der Waals surface area contributed by atoms with E-state index in [9.17, 15) is 9.59 Å². The van der Waals surface area contributed by atoms with E-state index in [0.29, 0.717) is 30.5 Å². The van der Waals surface area contributed by atoms with Crippen molar-refractivity contribution in [1.82, 2.24) is 5.32 Å². The zero-order valence-electron chi connectivity index (χ0n) is 17.0. The minimum Gasteiger partial charge on any atom is -0.489 e. The summed E-state index contributed by atoms with van der Waals surface area (Å²) in [5.41, 5.74) is 2.82. The number of rotatable bonds is 7. The number of halogens is 1. The standard InChI is InChI=1S/C25H23ClN2O3/c26-21-8-6-19(7-9-21)17-31-23-12-10-22(11-13-23)28-16-20(14-24(28)29)25(30)27-15-18-4-2-1-3-5-18/h1-13,20H,14-17H2,(H,27,30). The molecule has 0 aromatic heterocycles. The summed E-state index contributed by atoms with van der Waals surface area (Å²) >= 11 is 5.90.